The van der Waals surface area contributed by atoms with E-state index in [-0.39, 0.29) is 32.1 Å². The fourth-order valence-electron chi connectivity index (χ4n) is 3.06. The van der Waals surface area contributed by atoms with Crippen molar-refractivity contribution >= 4 is 50.5 Å². The number of sulfonamides is 1. The number of nitrogens with zero attached hydrogens (tertiary/aromatic N) is 1. The number of hydrogen-bond acceptors (Lipinski definition) is 5. The van der Waals surface area contributed by atoms with Crippen molar-refractivity contribution in [3.63, 3.8) is 0 Å². The molecule has 0 atom stereocenters. The molecule has 0 heterocycles. The first-order valence-corrected chi connectivity index (χ1v) is 11.9. The van der Waals surface area contributed by atoms with E-state index in [1.54, 1.807) is 42.5 Å². The topological polar surface area (TPSA) is 84.9 Å². The van der Waals surface area contributed by atoms with E-state index in [9.17, 15) is 13.2 Å². The normalized spacial score (nSPS) is 11.1. The predicted molar refractivity (Wildman–Crippen MR) is 130 cm³/mol. The van der Waals surface area contributed by atoms with Crippen LogP contribution in [0.3, 0.4) is 0 Å². The van der Waals surface area contributed by atoms with E-state index in [1.165, 1.54) is 32.4 Å². The smallest absolute Gasteiger partial charge is 0.264 e. The molecule has 33 heavy (non-hydrogen) atoms. The number of aryl methyl sites for hydroxylation is 1. The minimum Gasteiger partial charge on any atom is -0.497 e. The van der Waals surface area contributed by atoms with Gasteiger partial charge in [0.1, 0.15) is 18.0 Å². The molecule has 3 aromatic rings. The highest BCUT2D eigenvalue weighted by atomic mass is 35.5. The van der Waals surface area contributed by atoms with Crippen molar-refractivity contribution in [1.29, 1.82) is 0 Å². The van der Waals surface area contributed by atoms with Crippen LogP contribution in [0.25, 0.3) is 0 Å². The summed E-state index contributed by atoms with van der Waals surface area (Å²) in [5, 5.41) is 3.05. The molecule has 0 aromatic heterocycles. The molecule has 0 spiro atoms. The molecule has 3 rings (SSSR count). The van der Waals surface area contributed by atoms with Crippen molar-refractivity contribution in [2.24, 2.45) is 0 Å². The van der Waals surface area contributed by atoms with E-state index >= 15 is 0 Å². The molecule has 0 radical (unpaired) electrons. The summed E-state index contributed by atoms with van der Waals surface area (Å²) in [4.78, 5) is 13.0. The number of anilines is 2. The van der Waals surface area contributed by atoms with Gasteiger partial charge < -0.3 is 14.8 Å². The Morgan fingerprint density at radius 1 is 0.970 bits per heavy atom. The number of nitrogens with one attached hydrogen (secondary N) is 1. The number of amides is 1. The number of para-hydroxylation sites is 1. The minimum atomic E-state index is -4.17. The van der Waals surface area contributed by atoms with Gasteiger partial charge in [0.25, 0.3) is 10.0 Å². The van der Waals surface area contributed by atoms with Gasteiger partial charge in [-0.3, -0.25) is 9.10 Å². The van der Waals surface area contributed by atoms with Gasteiger partial charge in [-0.15, -0.1) is 0 Å². The zero-order chi connectivity index (χ0) is 24.2. The summed E-state index contributed by atoms with van der Waals surface area (Å²) in [5.41, 5.74) is 1.22. The Balaban J connectivity index is 2.08. The minimum absolute atomic E-state index is 0.0153. The van der Waals surface area contributed by atoms with Crippen LogP contribution < -0.4 is 19.1 Å². The van der Waals surface area contributed by atoms with Crippen LogP contribution in [0.2, 0.25) is 10.0 Å². The number of methoxy groups -OCH3 is 2. The van der Waals surface area contributed by atoms with Crippen LogP contribution >= 0.6 is 23.2 Å². The summed E-state index contributed by atoms with van der Waals surface area (Å²) in [5.74, 6) is -0.00918. The van der Waals surface area contributed by atoms with Gasteiger partial charge in [-0.2, -0.15) is 0 Å². The van der Waals surface area contributed by atoms with Crippen molar-refractivity contribution in [2.45, 2.75) is 11.8 Å². The van der Waals surface area contributed by atoms with Crippen LogP contribution in [0.15, 0.2) is 65.6 Å². The van der Waals surface area contributed by atoms with Crippen LogP contribution in [0.1, 0.15) is 5.56 Å². The van der Waals surface area contributed by atoms with Gasteiger partial charge in [-0.1, -0.05) is 47.0 Å². The molecule has 0 aliphatic heterocycles. The SMILES string of the molecule is COc1ccc(OC)c(N(CC(=O)Nc2c(Cl)cccc2Cl)S(=O)(=O)c2ccc(C)cc2)c1. The predicted octanol–water partition coefficient (Wildman–Crippen LogP) is 5.15. The zero-order valence-corrected chi connectivity index (χ0v) is 20.5. The molecule has 0 unspecified atom stereocenters. The lowest BCUT2D eigenvalue weighted by Gasteiger charge is -2.26. The molecule has 0 aliphatic carbocycles. The van der Waals surface area contributed by atoms with Crippen molar-refractivity contribution in [2.75, 3.05) is 30.4 Å². The summed E-state index contributed by atoms with van der Waals surface area (Å²) in [6.45, 7) is 1.28. The van der Waals surface area contributed by atoms with E-state index < -0.39 is 22.5 Å². The quantitative estimate of drug-likeness (QED) is 0.454. The second-order valence-electron chi connectivity index (χ2n) is 7.01. The number of carbonyl (C=O) groups excluding carboxylic acids is 1. The third-order valence-corrected chi connectivity index (χ3v) is 7.18. The summed E-state index contributed by atoms with van der Waals surface area (Å²) in [6, 6.07) is 15.8. The molecule has 0 saturated carbocycles. The second kappa shape index (κ2) is 10.3. The number of hydrogen-bond donors (Lipinski definition) is 1. The number of halogens is 2. The van der Waals surface area contributed by atoms with Crippen molar-refractivity contribution < 1.29 is 22.7 Å². The first-order valence-electron chi connectivity index (χ1n) is 9.72. The summed E-state index contributed by atoms with van der Waals surface area (Å²) in [6.07, 6.45) is 0. The third-order valence-electron chi connectivity index (χ3n) is 4.78. The zero-order valence-electron chi connectivity index (χ0n) is 18.1. The Labute approximate surface area is 202 Å². The Morgan fingerprint density at radius 3 is 2.18 bits per heavy atom. The molecular weight excluding hydrogens is 487 g/mol. The van der Waals surface area contributed by atoms with Gasteiger partial charge in [0, 0.05) is 6.07 Å². The molecule has 0 saturated heterocycles. The third kappa shape index (κ3) is 5.52. The van der Waals surface area contributed by atoms with Gasteiger partial charge >= 0.3 is 0 Å². The fourth-order valence-corrected chi connectivity index (χ4v) is 4.97. The van der Waals surface area contributed by atoms with Gasteiger partial charge in [0.15, 0.2) is 0 Å². The average Bonchev–Trinajstić information content (AvgIpc) is 2.79. The molecular formula is C23H22Cl2N2O5S. The van der Waals surface area contributed by atoms with Crippen molar-refractivity contribution in [3.8, 4) is 11.5 Å². The van der Waals surface area contributed by atoms with Crippen LogP contribution in [0.4, 0.5) is 11.4 Å². The van der Waals surface area contributed by atoms with Crippen molar-refractivity contribution in [1.82, 2.24) is 0 Å². The first kappa shape index (κ1) is 24.7. The molecule has 0 aliphatic rings. The lowest BCUT2D eigenvalue weighted by Crippen LogP contribution is -2.38. The number of ether oxygens (including phenoxy) is 2. The maximum Gasteiger partial charge on any atom is 0.264 e. The number of carbonyl (C=O) groups is 1. The molecule has 7 nitrogen and oxygen atoms in total. The van der Waals surface area contributed by atoms with E-state index in [2.05, 4.69) is 5.32 Å². The Kier molecular flexibility index (Phi) is 7.73. The maximum absolute atomic E-state index is 13.6. The monoisotopic (exact) mass is 508 g/mol. The Hall–Kier alpha value is -2.94. The van der Waals surface area contributed by atoms with Crippen LogP contribution in [0.5, 0.6) is 11.5 Å². The van der Waals surface area contributed by atoms with Gasteiger partial charge in [0.05, 0.1) is 40.5 Å². The van der Waals surface area contributed by atoms with Gasteiger partial charge in [-0.25, -0.2) is 8.42 Å². The number of benzene rings is 3. The largest absolute Gasteiger partial charge is 0.497 e. The summed E-state index contributed by atoms with van der Waals surface area (Å²) >= 11 is 12.3. The van der Waals surface area contributed by atoms with Crippen LogP contribution in [0, 0.1) is 6.92 Å². The maximum atomic E-state index is 13.6. The highest BCUT2D eigenvalue weighted by molar-refractivity contribution is 7.92. The molecule has 1 amide bonds. The molecule has 174 valence electrons. The first-order chi connectivity index (χ1) is 15.7. The highest BCUT2D eigenvalue weighted by Gasteiger charge is 2.30. The summed E-state index contributed by atoms with van der Waals surface area (Å²) < 4.78 is 38.9. The standard InChI is InChI=1S/C23H22Cl2N2O5S/c1-15-7-10-17(11-8-15)33(29,30)27(20-13-16(31-2)9-12-21(20)32-3)14-22(28)26-23-18(24)5-4-6-19(23)25/h4-13H,14H2,1-3H3,(H,26,28). The second-order valence-corrected chi connectivity index (χ2v) is 9.68. The van der Waals surface area contributed by atoms with Crippen LogP contribution in [-0.2, 0) is 14.8 Å². The number of rotatable bonds is 8. The average molecular weight is 509 g/mol. The molecule has 0 fully saturated rings. The molecule has 0 bridgehead atoms. The molecule has 3 aromatic carbocycles. The molecule has 10 heteroatoms. The summed E-state index contributed by atoms with van der Waals surface area (Å²) in [7, 11) is -1.30. The highest BCUT2D eigenvalue weighted by Crippen LogP contribution is 2.36. The molecule has 1 N–H and O–H groups in total. The lowest BCUT2D eigenvalue weighted by molar-refractivity contribution is -0.114. The lowest BCUT2D eigenvalue weighted by atomic mass is 10.2. The van der Waals surface area contributed by atoms with Crippen LogP contribution in [-0.4, -0.2) is 35.1 Å². The van der Waals surface area contributed by atoms with Gasteiger partial charge in [0.2, 0.25) is 5.91 Å². The van der Waals surface area contributed by atoms with E-state index in [1.807, 2.05) is 6.92 Å². The van der Waals surface area contributed by atoms with E-state index in [0.717, 1.165) is 9.87 Å². The Morgan fingerprint density at radius 2 is 1.61 bits per heavy atom. The fraction of sp³-hybridized carbons (Fsp3) is 0.174. The van der Waals surface area contributed by atoms with E-state index in [0.29, 0.717) is 5.75 Å². The Bertz CT molecular complexity index is 1240. The van der Waals surface area contributed by atoms with Crippen molar-refractivity contribution in [3.05, 3.63) is 76.3 Å². The van der Waals surface area contributed by atoms with Gasteiger partial charge in [-0.05, 0) is 43.3 Å². The van der Waals surface area contributed by atoms with E-state index in [4.69, 9.17) is 32.7 Å².